The molecule has 0 aliphatic heterocycles. The standard InChI is InChI=1S/C7H8ClN2/c1-4-2-5(8)7(10)3-6(4)9/h2-3H,1,9-10H2. The van der Waals surface area contributed by atoms with Crippen LogP contribution in [0.3, 0.4) is 0 Å². The van der Waals surface area contributed by atoms with E-state index in [1.165, 1.54) is 0 Å². The summed E-state index contributed by atoms with van der Waals surface area (Å²) in [7, 11) is 0. The van der Waals surface area contributed by atoms with Gasteiger partial charge in [-0.05, 0) is 24.6 Å². The van der Waals surface area contributed by atoms with Gasteiger partial charge in [0.25, 0.3) is 0 Å². The molecule has 2 nitrogen and oxygen atoms in total. The Morgan fingerprint density at radius 1 is 1.20 bits per heavy atom. The topological polar surface area (TPSA) is 52.0 Å². The molecule has 1 aromatic rings. The molecule has 0 saturated carbocycles. The van der Waals surface area contributed by atoms with Gasteiger partial charge in [0.05, 0.1) is 10.7 Å². The Bertz CT molecular complexity index is 208. The largest absolute Gasteiger partial charge is 0.398 e. The number of hydrogen-bond donors (Lipinski definition) is 2. The number of nitrogens with two attached hydrogens (primary N) is 2. The minimum atomic E-state index is 0.492. The summed E-state index contributed by atoms with van der Waals surface area (Å²) in [5, 5.41) is 0.499. The van der Waals surface area contributed by atoms with Crippen LogP contribution >= 0.6 is 11.6 Å². The predicted octanol–water partition coefficient (Wildman–Crippen LogP) is 1.69. The highest BCUT2D eigenvalue weighted by Crippen LogP contribution is 2.23. The summed E-state index contributed by atoms with van der Waals surface area (Å²) >= 11 is 5.67. The van der Waals surface area contributed by atoms with Crippen molar-refractivity contribution in [3.8, 4) is 0 Å². The molecule has 1 aromatic carbocycles. The summed E-state index contributed by atoms with van der Waals surface area (Å²) in [5.41, 5.74) is 12.7. The monoisotopic (exact) mass is 155 g/mol. The van der Waals surface area contributed by atoms with E-state index in [0.29, 0.717) is 22.0 Å². The second kappa shape index (κ2) is 2.39. The maximum atomic E-state index is 5.67. The van der Waals surface area contributed by atoms with Crippen LogP contribution in [0, 0.1) is 6.92 Å². The molecule has 0 saturated heterocycles. The lowest BCUT2D eigenvalue weighted by atomic mass is 10.2. The van der Waals surface area contributed by atoms with E-state index in [9.17, 15) is 0 Å². The van der Waals surface area contributed by atoms with Crippen LogP contribution in [0.1, 0.15) is 5.56 Å². The summed E-state index contributed by atoms with van der Waals surface area (Å²) in [6.45, 7) is 3.66. The molecule has 0 aliphatic carbocycles. The first-order valence-electron chi connectivity index (χ1n) is 2.77. The first-order valence-corrected chi connectivity index (χ1v) is 3.15. The third kappa shape index (κ3) is 1.16. The molecule has 0 aromatic heterocycles. The zero-order valence-corrected chi connectivity index (χ0v) is 6.15. The maximum absolute atomic E-state index is 5.67. The Morgan fingerprint density at radius 3 is 2.30 bits per heavy atom. The minimum absolute atomic E-state index is 0.492. The van der Waals surface area contributed by atoms with Crippen molar-refractivity contribution < 1.29 is 0 Å². The van der Waals surface area contributed by atoms with Crippen molar-refractivity contribution in [1.29, 1.82) is 0 Å². The van der Waals surface area contributed by atoms with Crippen LogP contribution in [0.15, 0.2) is 12.1 Å². The average molecular weight is 156 g/mol. The quantitative estimate of drug-likeness (QED) is 0.561. The zero-order valence-electron chi connectivity index (χ0n) is 5.39. The van der Waals surface area contributed by atoms with Gasteiger partial charge < -0.3 is 11.5 Å². The molecule has 1 rings (SSSR count). The predicted molar refractivity (Wildman–Crippen MR) is 44.7 cm³/mol. The van der Waals surface area contributed by atoms with Crippen LogP contribution in [0.5, 0.6) is 0 Å². The van der Waals surface area contributed by atoms with Crippen molar-refractivity contribution in [3.63, 3.8) is 0 Å². The van der Waals surface area contributed by atoms with Gasteiger partial charge in [0.1, 0.15) is 0 Å². The van der Waals surface area contributed by atoms with Crippen LogP contribution in [-0.4, -0.2) is 0 Å². The van der Waals surface area contributed by atoms with Crippen molar-refractivity contribution in [2.75, 3.05) is 11.5 Å². The normalized spacial score (nSPS) is 9.80. The van der Waals surface area contributed by atoms with Gasteiger partial charge >= 0.3 is 0 Å². The lowest BCUT2D eigenvalue weighted by Gasteiger charge is -2.02. The zero-order chi connectivity index (χ0) is 7.72. The summed E-state index contributed by atoms with van der Waals surface area (Å²) < 4.78 is 0. The van der Waals surface area contributed by atoms with Crippen LogP contribution in [0.2, 0.25) is 5.02 Å². The molecule has 4 N–H and O–H groups in total. The summed E-state index contributed by atoms with van der Waals surface area (Å²) in [6.07, 6.45) is 0. The van der Waals surface area contributed by atoms with Crippen molar-refractivity contribution in [3.05, 3.63) is 29.6 Å². The molecular weight excluding hydrogens is 148 g/mol. The Balaban J connectivity index is 3.28. The van der Waals surface area contributed by atoms with Crippen LogP contribution in [-0.2, 0) is 0 Å². The molecule has 10 heavy (non-hydrogen) atoms. The molecule has 53 valence electrons. The molecule has 0 atom stereocenters. The van der Waals surface area contributed by atoms with Gasteiger partial charge in [-0.2, -0.15) is 0 Å². The first kappa shape index (κ1) is 7.22. The summed E-state index contributed by atoms with van der Waals surface area (Å²) in [5.74, 6) is 0. The van der Waals surface area contributed by atoms with Gasteiger partial charge in [0.15, 0.2) is 0 Å². The first-order chi connectivity index (χ1) is 4.61. The van der Waals surface area contributed by atoms with Crippen molar-refractivity contribution in [2.24, 2.45) is 0 Å². The van der Waals surface area contributed by atoms with E-state index in [0.717, 1.165) is 0 Å². The van der Waals surface area contributed by atoms with Crippen molar-refractivity contribution in [1.82, 2.24) is 0 Å². The highest BCUT2D eigenvalue weighted by atomic mass is 35.5. The third-order valence-electron chi connectivity index (χ3n) is 1.26. The molecule has 3 heteroatoms. The lowest BCUT2D eigenvalue weighted by Crippen LogP contribution is -1.93. The Morgan fingerprint density at radius 2 is 1.80 bits per heavy atom. The van der Waals surface area contributed by atoms with E-state index in [2.05, 4.69) is 6.92 Å². The van der Waals surface area contributed by atoms with E-state index in [-0.39, 0.29) is 0 Å². The fourth-order valence-electron chi connectivity index (χ4n) is 0.649. The molecule has 0 amide bonds. The highest BCUT2D eigenvalue weighted by Gasteiger charge is 1.98. The molecule has 0 heterocycles. The average Bonchev–Trinajstić information content (AvgIpc) is 1.84. The Labute approximate surface area is 64.8 Å². The summed E-state index contributed by atoms with van der Waals surface area (Å²) in [4.78, 5) is 0. The molecule has 0 bridgehead atoms. The van der Waals surface area contributed by atoms with Crippen molar-refractivity contribution >= 4 is 23.0 Å². The Kier molecular flexibility index (Phi) is 1.72. The Hall–Kier alpha value is -0.890. The van der Waals surface area contributed by atoms with E-state index >= 15 is 0 Å². The second-order valence-corrected chi connectivity index (χ2v) is 2.48. The van der Waals surface area contributed by atoms with Crippen LogP contribution in [0.4, 0.5) is 11.4 Å². The van der Waals surface area contributed by atoms with Gasteiger partial charge in [-0.1, -0.05) is 11.6 Å². The lowest BCUT2D eigenvalue weighted by molar-refractivity contribution is 1.59. The van der Waals surface area contributed by atoms with Crippen LogP contribution < -0.4 is 11.5 Å². The fourth-order valence-corrected chi connectivity index (χ4v) is 0.835. The summed E-state index contributed by atoms with van der Waals surface area (Å²) in [6, 6.07) is 3.25. The van der Waals surface area contributed by atoms with Gasteiger partial charge in [0.2, 0.25) is 0 Å². The molecule has 0 aliphatic rings. The molecule has 0 unspecified atom stereocenters. The molecule has 0 fully saturated rings. The van der Waals surface area contributed by atoms with E-state index < -0.39 is 0 Å². The minimum Gasteiger partial charge on any atom is -0.398 e. The van der Waals surface area contributed by atoms with E-state index in [4.69, 9.17) is 23.1 Å². The smallest absolute Gasteiger partial charge is 0.0639 e. The van der Waals surface area contributed by atoms with E-state index in [1.54, 1.807) is 12.1 Å². The van der Waals surface area contributed by atoms with Crippen LogP contribution in [0.25, 0.3) is 0 Å². The molecule has 1 radical (unpaired) electrons. The highest BCUT2D eigenvalue weighted by molar-refractivity contribution is 6.33. The molecular formula is C7H8ClN2. The third-order valence-corrected chi connectivity index (χ3v) is 1.59. The number of benzene rings is 1. The van der Waals surface area contributed by atoms with Gasteiger partial charge in [0, 0.05) is 5.69 Å². The molecule has 0 spiro atoms. The number of anilines is 2. The maximum Gasteiger partial charge on any atom is 0.0639 e. The second-order valence-electron chi connectivity index (χ2n) is 2.07. The number of hydrogen-bond acceptors (Lipinski definition) is 2. The number of nitrogen functional groups attached to an aromatic ring is 2. The van der Waals surface area contributed by atoms with Gasteiger partial charge in [-0.25, -0.2) is 0 Å². The number of rotatable bonds is 0. The van der Waals surface area contributed by atoms with Gasteiger partial charge in [-0.15, -0.1) is 0 Å². The van der Waals surface area contributed by atoms with Gasteiger partial charge in [-0.3, -0.25) is 0 Å². The van der Waals surface area contributed by atoms with Crippen molar-refractivity contribution in [2.45, 2.75) is 0 Å². The fraction of sp³-hybridized carbons (Fsp3) is 0. The SMILES string of the molecule is [CH2]c1cc(Cl)c(N)cc1N. The van der Waals surface area contributed by atoms with E-state index in [1.807, 2.05) is 0 Å². The number of halogens is 1.